The van der Waals surface area contributed by atoms with Gasteiger partial charge in [0.15, 0.2) is 0 Å². The van der Waals surface area contributed by atoms with Crippen LogP contribution < -0.4 is 4.74 Å². The highest BCUT2D eigenvalue weighted by molar-refractivity contribution is 5.86. The molecule has 5 aromatic rings. The van der Waals surface area contributed by atoms with Crippen LogP contribution >= 0.6 is 0 Å². The fourth-order valence-corrected chi connectivity index (χ4v) is 3.42. The van der Waals surface area contributed by atoms with Crippen molar-refractivity contribution in [1.82, 2.24) is 9.97 Å². The van der Waals surface area contributed by atoms with Gasteiger partial charge in [0.2, 0.25) is 0 Å². The van der Waals surface area contributed by atoms with E-state index in [0.717, 1.165) is 45.0 Å². The van der Waals surface area contributed by atoms with Gasteiger partial charge in [-0.2, -0.15) is 0 Å². The molecule has 0 N–H and O–H groups in total. The lowest BCUT2D eigenvalue weighted by molar-refractivity contribution is 0.482. The normalized spacial score (nSPS) is 10.8. The molecule has 0 saturated carbocycles. The van der Waals surface area contributed by atoms with Crippen LogP contribution in [0.5, 0.6) is 11.5 Å². The van der Waals surface area contributed by atoms with Crippen LogP contribution in [-0.2, 0) is 0 Å². The quantitative estimate of drug-likeness (QED) is 0.330. The molecule has 3 heteroatoms. The minimum Gasteiger partial charge on any atom is -0.457 e. The number of benzene rings is 4. The van der Waals surface area contributed by atoms with Crippen molar-refractivity contribution in [1.29, 1.82) is 0 Å². The number of aryl methyl sites for hydroxylation is 1. The van der Waals surface area contributed by atoms with Gasteiger partial charge in [-0.25, -0.2) is 9.97 Å². The van der Waals surface area contributed by atoms with E-state index >= 15 is 0 Å². The molecule has 0 aliphatic rings. The van der Waals surface area contributed by atoms with E-state index in [1.807, 2.05) is 91.0 Å². The van der Waals surface area contributed by atoms with Crippen molar-refractivity contribution >= 4 is 11.0 Å². The Hall–Kier alpha value is -3.98. The second-order valence-corrected chi connectivity index (χ2v) is 7.22. The number of ether oxygens (including phenoxy) is 1. The summed E-state index contributed by atoms with van der Waals surface area (Å²) in [6.45, 7) is 2.06. The van der Waals surface area contributed by atoms with E-state index in [1.54, 1.807) is 0 Å². The average Bonchev–Trinajstić information content (AvgIpc) is 2.81. The topological polar surface area (TPSA) is 35.0 Å². The molecule has 0 aliphatic carbocycles. The van der Waals surface area contributed by atoms with E-state index < -0.39 is 0 Å². The van der Waals surface area contributed by atoms with E-state index in [4.69, 9.17) is 14.7 Å². The van der Waals surface area contributed by atoms with Crippen molar-refractivity contribution in [3.05, 3.63) is 109 Å². The van der Waals surface area contributed by atoms with Crippen LogP contribution in [0.15, 0.2) is 103 Å². The molecule has 0 unspecified atom stereocenters. The molecule has 1 aromatic heterocycles. The van der Waals surface area contributed by atoms with Crippen molar-refractivity contribution in [3.63, 3.8) is 0 Å². The first-order valence-electron chi connectivity index (χ1n) is 9.93. The predicted molar refractivity (Wildman–Crippen MR) is 122 cm³/mol. The molecule has 30 heavy (non-hydrogen) atoms. The molecule has 0 spiro atoms. The summed E-state index contributed by atoms with van der Waals surface area (Å²) in [4.78, 5) is 9.87. The number of fused-ring (bicyclic) bond motifs is 1. The number of hydrogen-bond donors (Lipinski definition) is 0. The van der Waals surface area contributed by atoms with E-state index in [2.05, 4.69) is 19.1 Å². The van der Waals surface area contributed by atoms with E-state index in [-0.39, 0.29) is 0 Å². The Labute approximate surface area is 175 Å². The van der Waals surface area contributed by atoms with Crippen molar-refractivity contribution in [2.75, 3.05) is 0 Å². The van der Waals surface area contributed by atoms with Gasteiger partial charge in [-0.3, -0.25) is 0 Å². The number of nitrogens with zero attached hydrogens (tertiary/aromatic N) is 2. The Morgan fingerprint density at radius 3 is 1.53 bits per heavy atom. The number of hydrogen-bond acceptors (Lipinski definition) is 3. The summed E-state index contributed by atoms with van der Waals surface area (Å²) in [5, 5.41) is 0. The second-order valence-electron chi connectivity index (χ2n) is 7.22. The third-order valence-corrected chi connectivity index (χ3v) is 5.00. The molecule has 0 radical (unpaired) electrons. The molecule has 0 fully saturated rings. The first-order chi connectivity index (χ1) is 14.8. The van der Waals surface area contributed by atoms with Crippen molar-refractivity contribution in [2.24, 2.45) is 0 Å². The summed E-state index contributed by atoms with van der Waals surface area (Å²) >= 11 is 0. The Bertz CT molecular complexity index is 1290. The molecule has 0 aliphatic heterocycles. The standard InChI is InChI=1S/C27H20N2O/c1-19-11-15-22(16-12-19)30-23-17-13-21(14-18-23)27-26(20-7-3-2-4-8-20)28-24-9-5-6-10-25(24)29-27/h2-18H,1H3. The second kappa shape index (κ2) is 7.80. The predicted octanol–water partition coefficient (Wildman–Crippen LogP) is 7.06. The van der Waals surface area contributed by atoms with Crippen LogP contribution in [0.25, 0.3) is 33.5 Å². The maximum absolute atomic E-state index is 5.97. The summed E-state index contributed by atoms with van der Waals surface area (Å²) < 4.78 is 5.97. The van der Waals surface area contributed by atoms with Gasteiger partial charge in [-0.1, -0.05) is 60.2 Å². The zero-order valence-electron chi connectivity index (χ0n) is 16.6. The van der Waals surface area contributed by atoms with Crippen molar-refractivity contribution < 1.29 is 4.74 Å². The summed E-state index contributed by atoms with van der Waals surface area (Å²) in [5.41, 5.74) is 6.77. The number of aromatic nitrogens is 2. The van der Waals surface area contributed by atoms with Crippen LogP contribution in [0.1, 0.15) is 5.56 Å². The Kier molecular flexibility index (Phi) is 4.70. The van der Waals surface area contributed by atoms with Gasteiger partial charge in [0.05, 0.1) is 22.4 Å². The van der Waals surface area contributed by atoms with Crippen LogP contribution in [-0.4, -0.2) is 9.97 Å². The lowest BCUT2D eigenvalue weighted by atomic mass is 10.0. The van der Waals surface area contributed by atoms with Crippen LogP contribution in [0.3, 0.4) is 0 Å². The van der Waals surface area contributed by atoms with Gasteiger partial charge < -0.3 is 4.74 Å². The smallest absolute Gasteiger partial charge is 0.127 e. The van der Waals surface area contributed by atoms with Gasteiger partial charge in [0.25, 0.3) is 0 Å². The lowest BCUT2D eigenvalue weighted by Crippen LogP contribution is -1.95. The molecular formula is C27H20N2O. The van der Waals surface area contributed by atoms with Gasteiger partial charge in [0, 0.05) is 11.1 Å². The van der Waals surface area contributed by atoms with Crippen LogP contribution in [0, 0.1) is 6.92 Å². The third-order valence-electron chi connectivity index (χ3n) is 5.00. The molecule has 5 rings (SSSR count). The highest BCUT2D eigenvalue weighted by Crippen LogP contribution is 2.32. The Morgan fingerprint density at radius 2 is 0.967 bits per heavy atom. The highest BCUT2D eigenvalue weighted by atomic mass is 16.5. The first-order valence-corrected chi connectivity index (χ1v) is 9.93. The summed E-state index contributed by atoms with van der Waals surface area (Å²) in [5.74, 6) is 1.61. The van der Waals surface area contributed by atoms with Gasteiger partial charge >= 0.3 is 0 Å². The van der Waals surface area contributed by atoms with Gasteiger partial charge in [-0.15, -0.1) is 0 Å². The van der Waals surface area contributed by atoms with Gasteiger partial charge in [-0.05, 0) is 55.5 Å². The molecule has 0 saturated heterocycles. The summed E-state index contributed by atoms with van der Waals surface area (Å²) in [7, 11) is 0. The molecule has 4 aromatic carbocycles. The van der Waals surface area contributed by atoms with E-state index in [1.165, 1.54) is 5.56 Å². The fraction of sp³-hybridized carbons (Fsp3) is 0.0370. The monoisotopic (exact) mass is 388 g/mol. The number of rotatable bonds is 4. The summed E-state index contributed by atoms with van der Waals surface area (Å²) in [6, 6.07) is 34.2. The molecule has 1 heterocycles. The zero-order chi connectivity index (χ0) is 20.3. The lowest BCUT2D eigenvalue weighted by Gasteiger charge is -2.11. The average molecular weight is 388 g/mol. The maximum atomic E-state index is 5.97. The highest BCUT2D eigenvalue weighted by Gasteiger charge is 2.13. The minimum absolute atomic E-state index is 0.789. The third kappa shape index (κ3) is 3.65. The minimum atomic E-state index is 0.789. The first kappa shape index (κ1) is 18.1. The van der Waals surface area contributed by atoms with Crippen molar-refractivity contribution in [3.8, 4) is 34.0 Å². The molecule has 0 atom stereocenters. The molecular weight excluding hydrogens is 368 g/mol. The molecule has 144 valence electrons. The van der Waals surface area contributed by atoms with Gasteiger partial charge in [0.1, 0.15) is 11.5 Å². The summed E-state index contributed by atoms with van der Waals surface area (Å²) in [6.07, 6.45) is 0. The largest absolute Gasteiger partial charge is 0.457 e. The molecule has 0 bridgehead atoms. The maximum Gasteiger partial charge on any atom is 0.127 e. The number of para-hydroxylation sites is 2. The van der Waals surface area contributed by atoms with Crippen LogP contribution in [0.2, 0.25) is 0 Å². The fourth-order valence-electron chi connectivity index (χ4n) is 3.42. The molecule has 3 nitrogen and oxygen atoms in total. The Morgan fingerprint density at radius 1 is 0.500 bits per heavy atom. The van der Waals surface area contributed by atoms with E-state index in [0.29, 0.717) is 0 Å². The SMILES string of the molecule is Cc1ccc(Oc2ccc(-c3nc4ccccc4nc3-c3ccccc3)cc2)cc1. The van der Waals surface area contributed by atoms with E-state index in [9.17, 15) is 0 Å². The van der Waals surface area contributed by atoms with Crippen LogP contribution in [0.4, 0.5) is 0 Å². The zero-order valence-corrected chi connectivity index (χ0v) is 16.6. The molecule has 0 amide bonds. The Balaban J connectivity index is 1.55. The van der Waals surface area contributed by atoms with Crippen molar-refractivity contribution in [2.45, 2.75) is 6.92 Å².